The van der Waals surface area contributed by atoms with Crippen LogP contribution in [0.1, 0.15) is 0 Å². The monoisotopic (exact) mass is 712 g/mol. The molecule has 0 N–H and O–H groups in total. The Morgan fingerprint density at radius 1 is 0.377 bits per heavy atom. The van der Waals surface area contributed by atoms with Gasteiger partial charge in [0.1, 0.15) is 5.01 Å². The molecule has 10 aromatic rings. The lowest BCUT2D eigenvalue weighted by Crippen LogP contribution is -2.09. The molecule has 4 heteroatoms. The van der Waals surface area contributed by atoms with Crippen molar-refractivity contribution in [3.63, 3.8) is 0 Å². The fraction of sp³-hybridized carbons (Fsp3) is 0. The van der Waals surface area contributed by atoms with Gasteiger partial charge in [0.05, 0.1) is 10.2 Å². The molecule has 0 aliphatic heterocycles. The Morgan fingerprint density at radius 3 is 1.38 bits per heavy atom. The Morgan fingerprint density at radius 2 is 0.830 bits per heavy atom. The predicted molar refractivity (Wildman–Crippen MR) is 229 cm³/mol. The minimum absolute atomic E-state index is 1.05. The van der Waals surface area contributed by atoms with Gasteiger partial charge in [0.2, 0.25) is 0 Å². The highest BCUT2D eigenvalue weighted by Gasteiger charge is 2.19. The number of thiophene rings is 1. The molecule has 250 valence electrons. The van der Waals surface area contributed by atoms with Crippen LogP contribution in [0.3, 0.4) is 0 Å². The third kappa shape index (κ3) is 5.79. The second-order valence-electron chi connectivity index (χ2n) is 13.2. The maximum Gasteiger partial charge on any atom is 0.124 e. The van der Waals surface area contributed by atoms with E-state index >= 15 is 0 Å². The molecular weight excluding hydrogens is 681 g/mol. The van der Waals surface area contributed by atoms with Crippen molar-refractivity contribution in [1.82, 2.24) is 4.98 Å². The number of hydrogen-bond donors (Lipinski definition) is 0. The minimum atomic E-state index is 1.05. The molecule has 0 saturated heterocycles. The number of nitrogens with zero attached hydrogens (tertiary/aromatic N) is 2. The second-order valence-corrected chi connectivity index (χ2v) is 15.2. The molecule has 10 rings (SSSR count). The van der Waals surface area contributed by atoms with E-state index in [-0.39, 0.29) is 0 Å². The zero-order valence-electron chi connectivity index (χ0n) is 28.7. The number of fused-ring (bicyclic) bond motifs is 5. The van der Waals surface area contributed by atoms with Crippen molar-refractivity contribution in [2.75, 3.05) is 4.90 Å². The number of rotatable bonds is 7. The van der Waals surface area contributed by atoms with Gasteiger partial charge in [-0.1, -0.05) is 146 Å². The van der Waals surface area contributed by atoms with Gasteiger partial charge in [0.15, 0.2) is 0 Å². The standard InChI is InChI=1S/C49H32N2S2/c1-4-12-33(13-5-1)35-20-26-39(27-21-35)51(40-28-22-36(23-29-40)34-14-6-2-7-15-34)41-30-24-37(25-31-41)43-32-45-46(42-18-10-11-19-44(42)52-45)48-47(43)50-49(53-48)38-16-8-3-9-17-38/h1-32H. The number of aromatic nitrogens is 1. The highest BCUT2D eigenvalue weighted by molar-refractivity contribution is 7.28. The van der Waals surface area contributed by atoms with Gasteiger partial charge >= 0.3 is 0 Å². The molecule has 0 aliphatic carbocycles. The van der Waals surface area contributed by atoms with Crippen molar-refractivity contribution in [2.45, 2.75) is 0 Å². The molecule has 0 spiro atoms. The van der Waals surface area contributed by atoms with Gasteiger partial charge < -0.3 is 4.90 Å². The molecular formula is C49H32N2S2. The van der Waals surface area contributed by atoms with Crippen molar-refractivity contribution < 1.29 is 0 Å². The Hall–Kier alpha value is -6.33. The van der Waals surface area contributed by atoms with E-state index in [0.717, 1.165) is 44.3 Å². The summed E-state index contributed by atoms with van der Waals surface area (Å²) in [5, 5.41) is 3.66. The summed E-state index contributed by atoms with van der Waals surface area (Å²) >= 11 is 3.66. The van der Waals surface area contributed by atoms with Crippen LogP contribution in [0.5, 0.6) is 0 Å². The Labute approximate surface area is 316 Å². The average Bonchev–Trinajstić information content (AvgIpc) is 3.85. The molecule has 0 aliphatic rings. The molecule has 0 unspecified atom stereocenters. The largest absolute Gasteiger partial charge is 0.311 e. The summed E-state index contributed by atoms with van der Waals surface area (Å²) in [5.41, 5.74) is 12.6. The maximum atomic E-state index is 5.33. The summed E-state index contributed by atoms with van der Waals surface area (Å²) in [5.74, 6) is 0. The summed E-state index contributed by atoms with van der Waals surface area (Å²) in [4.78, 5) is 7.67. The maximum absolute atomic E-state index is 5.33. The van der Waals surface area contributed by atoms with E-state index in [2.05, 4.69) is 199 Å². The first-order valence-electron chi connectivity index (χ1n) is 17.8. The van der Waals surface area contributed by atoms with E-state index in [1.165, 1.54) is 47.1 Å². The molecule has 0 fully saturated rings. The summed E-state index contributed by atoms with van der Waals surface area (Å²) in [6.45, 7) is 0. The highest BCUT2D eigenvalue weighted by atomic mass is 32.1. The SMILES string of the molecule is c1ccc(-c2ccc(N(c3ccc(-c4ccccc4)cc3)c3ccc(-c4cc5sc6ccccc6c5c5sc(-c6ccccc6)nc45)cc3)cc2)cc1. The molecule has 2 heterocycles. The van der Waals surface area contributed by atoms with Crippen molar-refractivity contribution >= 4 is 70.1 Å². The zero-order chi connectivity index (χ0) is 35.1. The van der Waals surface area contributed by atoms with Crippen LogP contribution < -0.4 is 4.90 Å². The summed E-state index contributed by atoms with van der Waals surface area (Å²) < 4.78 is 3.84. The summed E-state index contributed by atoms with van der Waals surface area (Å²) in [6.07, 6.45) is 0. The van der Waals surface area contributed by atoms with Crippen LogP contribution in [-0.2, 0) is 0 Å². The summed E-state index contributed by atoms with van der Waals surface area (Å²) in [7, 11) is 0. The first kappa shape index (κ1) is 31.4. The normalized spacial score (nSPS) is 11.4. The lowest BCUT2D eigenvalue weighted by Gasteiger charge is -2.26. The quantitative estimate of drug-likeness (QED) is 0.164. The Balaban J connectivity index is 1.09. The minimum Gasteiger partial charge on any atom is -0.311 e. The molecule has 2 aromatic heterocycles. The third-order valence-corrected chi connectivity index (χ3v) is 12.2. The molecule has 53 heavy (non-hydrogen) atoms. The average molecular weight is 713 g/mol. The van der Waals surface area contributed by atoms with E-state index in [4.69, 9.17) is 4.98 Å². The van der Waals surface area contributed by atoms with E-state index in [9.17, 15) is 0 Å². The van der Waals surface area contributed by atoms with E-state index in [1.54, 1.807) is 11.3 Å². The number of hydrogen-bond acceptors (Lipinski definition) is 4. The topological polar surface area (TPSA) is 16.1 Å². The first-order chi connectivity index (χ1) is 26.3. The number of anilines is 3. The van der Waals surface area contributed by atoms with Crippen LogP contribution in [0.4, 0.5) is 17.1 Å². The lowest BCUT2D eigenvalue weighted by atomic mass is 10.0. The van der Waals surface area contributed by atoms with Crippen LogP contribution in [0.25, 0.3) is 74.3 Å². The van der Waals surface area contributed by atoms with Gasteiger partial charge in [0.25, 0.3) is 0 Å². The van der Waals surface area contributed by atoms with Crippen molar-refractivity contribution in [1.29, 1.82) is 0 Å². The van der Waals surface area contributed by atoms with Gasteiger partial charge in [-0.3, -0.25) is 0 Å². The van der Waals surface area contributed by atoms with Gasteiger partial charge in [-0.05, 0) is 76.3 Å². The molecule has 8 aromatic carbocycles. The molecule has 0 radical (unpaired) electrons. The molecule has 0 saturated carbocycles. The van der Waals surface area contributed by atoms with E-state index in [1.807, 2.05) is 11.3 Å². The van der Waals surface area contributed by atoms with Crippen molar-refractivity contribution in [2.24, 2.45) is 0 Å². The first-order valence-corrected chi connectivity index (χ1v) is 19.4. The van der Waals surface area contributed by atoms with Gasteiger partial charge in [-0.25, -0.2) is 4.98 Å². The third-order valence-electron chi connectivity index (χ3n) is 9.93. The van der Waals surface area contributed by atoms with Crippen LogP contribution in [0, 0.1) is 0 Å². The molecule has 0 atom stereocenters. The van der Waals surface area contributed by atoms with Crippen molar-refractivity contribution in [3.05, 3.63) is 194 Å². The zero-order valence-corrected chi connectivity index (χ0v) is 30.3. The number of benzene rings is 8. The Bertz CT molecular complexity index is 2760. The van der Waals surface area contributed by atoms with E-state index in [0.29, 0.717) is 0 Å². The van der Waals surface area contributed by atoms with Gasteiger partial charge in [0, 0.05) is 48.4 Å². The predicted octanol–water partition coefficient (Wildman–Crippen LogP) is 14.8. The fourth-order valence-electron chi connectivity index (χ4n) is 7.30. The van der Waals surface area contributed by atoms with Crippen LogP contribution in [-0.4, -0.2) is 4.98 Å². The summed E-state index contributed by atoms with van der Waals surface area (Å²) in [6, 6.07) is 69.5. The smallest absolute Gasteiger partial charge is 0.124 e. The van der Waals surface area contributed by atoms with Crippen LogP contribution >= 0.6 is 22.7 Å². The van der Waals surface area contributed by atoms with Gasteiger partial charge in [-0.2, -0.15) is 0 Å². The Kier molecular flexibility index (Phi) is 7.90. The van der Waals surface area contributed by atoms with E-state index < -0.39 is 0 Å². The van der Waals surface area contributed by atoms with Crippen molar-refractivity contribution in [3.8, 4) is 44.0 Å². The fourth-order valence-corrected chi connectivity index (χ4v) is 9.68. The molecule has 2 nitrogen and oxygen atoms in total. The molecule has 0 amide bonds. The van der Waals surface area contributed by atoms with Crippen LogP contribution in [0.2, 0.25) is 0 Å². The highest BCUT2D eigenvalue weighted by Crippen LogP contribution is 2.47. The van der Waals surface area contributed by atoms with Crippen LogP contribution in [0.15, 0.2) is 194 Å². The lowest BCUT2D eigenvalue weighted by molar-refractivity contribution is 1.28. The second kappa shape index (κ2) is 13.3. The number of thiazole rings is 1. The molecule has 0 bridgehead atoms. The van der Waals surface area contributed by atoms with Gasteiger partial charge in [-0.15, -0.1) is 22.7 Å².